The molecule has 2 aliphatic heterocycles. The molecule has 2 saturated heterocycles. The fourth-order valence-electron chi connectivity index (χ4n) is 4.56. The summed E-state index contributed by atoms with van der Waals surface area (Å²) in [6.45, 7) is 9.96. The van der Waals surface area contributed by atoms with E-state index in [0.29, 0.717) is 0 Å². The summed E-state index contributed by atoms with van der Waals surface area (Å²) in [5, 5.41) is 5.15. The van der Waals surface area contributed by atoms with Crippen molar-refractivity contribution < 1.29 is 0 Å². The van der Waals surface area contributed by atoms with Gasteiger partial charge in [0.15, 0.2) is 0 Å². The lowest BCUT2D eigenvalue weighted by Gasteiger charge is -2.35. The Balaban J connectivity index is 1.58. The highest BCUT2D eigenvalue weighted by atomic mass is 15.6. The minimum Gasteiger partial charge on any atom is -0.310 e. The van der Waals surface area contributed by atoms with Crippen molar-refractivity contribution in [2.45, 2.75) is 6.54 Å². The fourth-order valence-corrected chi connectivity index (χ4v) is 4.56. The average Bonchev–Trinajstić information content (AvgIpc) is 3.09. The summed E-state index contributed by atoms with van der Waals surface area (Å²) in [7, 11) is 4.43. The fraction of sp³-hybridized carbons (Fsp3) is 0.500. The third-order valence-electron chi connectivity index (χ3n) is 6.38. The molecule has 0 spiro atoms. The van der Waals surface area contributed by atoms with Crippen LogP contribution in [0, 0.1) is 0 Å². The summed E-state index contributed by atoms with van der Waals surface area (Å²) < 4.78 is 2.42. The van der Waals surface area contributed by atoms with E-state index < -0.39 is 0 Å². The van der Waals surface area contributed by atoms with Gasteiger partial charge in [0.2, 0.25) is 0 Å². The molecule has 0 saturated carbocycles. The van der Waals surface area contributed by atoms with Crippen LogP contribution in [0.2, 0.25) is 0 Å². The monoisotopic (exact) mass is 378 g/mol. The molecule has 0 atom stereocenters. The van der Waals surface area contributed by atoms with Gasteiger partial charge in [-0.15, -0.1) is 0 Å². The Labute approximate surface area is 166 Å². The van der Waals surface area contributed by atoms with Crippen LogP contribution in [0.15, 0.2) is 36.7 Å². The van der Waals surface area contributed by atoms with Gasteiger partial charge in [0.05, 0.1) is 11.0 Å². The second kappa shape index (κ2) is 7.35. The van der Waals surface area contributed by atoms with E-state index in [0.717, 1.165) is 64.4 Å². The number of hydrogen-bond acceptors (Lipinski definition) is 5. The molecule has 6 nitrogen and oxygen atoms in total. The van der Waals surface area contributed by atoms with Crippen LogP contribution in [0.1, 0.15) is 5.56 Å². The number of benzene rings is 1. The van der Waals surface area contributed by atoms with Gasteiger partial charge in [-0.3, -0.25) is 14.6 Å². The molecule has 0 N–H and O–H groups in total. The molecule has 0 radical (unpaired) electrons. The van der Waals surface area contributed by atoms with Crippen molar-refractivity contribution >= 4 is 21.8 Å². The van der Waals surface area contributed by atoms with Crippen LogP contribution in [0.25, 0.3) is 21.8 Å². The second-order valence-electron chi connectivity index (χ2n) is 8.37. The Hall–Kier alpha value is -2.15. The molecular formula is C22H30N6. The normalized spacial score (nSPS) is 20.4. The third-order valence-corrected chi connectivity index (χ3v) is 6.38. The van der Waals surface area contributed by atoms with E-state index in [1.165, 1.54) is 21.9 Å². The molecule has 0 aliphatic carbocycles. The van der Waals surface area contributed by atoms with E-state index in [4.69, 9.17) is 0 Å². The van der Waals surface area contributed by atoms with Crippen molar-refractivity contribution in [3.63, 3.8) is 0 Å². The van der Waals surface area contributed by atoms with Crippen LogP contribution in [-0.2, 0) is 6.54 Å². The number of likely N-dealkylation sites (N-methyl/N-ethyl adjacent to an activating group) is 2. The minimum absolute atomic E-state index is 1.01. The molecule has 6 heteroatoms. The smallest absolute Gasteiger partial charge is 0.0709 e. The zero-order valence-electron chi connectivity index (χ0n) is 17.0. The van der Waals surface area contributed by atoms with Gasteiger partial charge in [-0.2, -0.15) is 0 Å². The molecule has 2 aliphatic rings. The predicted octanol–water partition coefficient (Wildman–Crippen LogP) is 1.82. The zero-order valence-corrected chi connectivity index (χ0v) is 17.0. The van der Waals surface area contributed by atoms with Crippen molar-refractivity contribution in [3.8, 4) is 0 Å². The van der Waals surface area contributed by atoms with Crippen molar-refractivity contribution in [1.29, 1.82) is 0 Å². The van der Waals surface area contributed by atoms with Crippen LogP contribution in [0.4, 0.5) is 0 Å². The third kappa shape index (κ3) is 3.26. The van der Waals surface area contributed by atoms with Crippen LogP contribution in [0.3, 0.4) is 0 Å². The maximum atomic E-state index is 4.61. The summed E-state index contributed by atoms with van der Waals surface area (Å²) in [6, 6.07) is 8.72. The second-order valence-corrected chi connectivity index (χ2v) is 8.37. The van der Waals surface area contributed by atoms with Gasteiger partial charge in [0.1, 0.15) is 0 Å². The van der Waals surface area contributed by atoms with Crippen LogP contribution < -0.4 is 5.01 Å². The van der Waals surface area contributed by atoms with Crippen molar-refractivity contribution in [1.82, 2.24) is 24.4 Å². The first-order valence-corrected chi connectivity index (χ1v) is 10.4. The number of nitrogens with zero attached hydrogens (tertiary/aromatic N) is 6. The highest BCUT2D eigenvalue weighted by Gasteiger charge is 2.21. The molecule has 0 unspecified atom stereocenters. The van der Waals surface area contributed by atoms with Crippen molar-refractivity contribution in [3.05, 3.63) is 42.2 Å². The number of piperazine rings is 2. The predicted molar refractivity (Wildman–Crippen MR) is 115 cm³/mol. The summed E-state index contributed by atoms with van der Waals surface area (Å²) in [5.41, 5.74) is 3.83. The summed E-state index contributed by atoms with van der Waals surface area (Å²) in [4.78, 5) is 12.0. The lowest BCUT2D eigenvalue weighted by atomic mass is 10.1. The van der Waals surface area contributed by atoms with Gasteiger partial charge in [-0.25, -0.2) is 0 Å². The molecule has 4 heterocycles. The standard InChI is InChI=1S/C22H30N6/c1-24-8-12-26(13-9-24)16-18-17-28(27-14-10-25(2)11-15-27)21-6-5-20-19(22(18)21)4-3-7-23-20/h3-7,17H,8-16H2,1-2H3. The van der Waals surface area contributed by atoms with Gasteiger partial charge >= 0.3 is 0 Å². The molecule has 1 aromatic carbocycles. The Morgan fingerprint density at radius 1 is 0.857 bits per heavy atom. The van der Waals surface area contributed by atoms with Crippen LogP contribution >= 0.6 is 0 Å². The molecule has 148 valence electrons. The number of pyridine rings is 1. The molecular weight excluding hydrogens is 348 g/mol. The number of hydrogen-bond donors (Lipinski definition) is 0. The molecule has 3 aromatic rings. The minimum atomic E-state index is 1.01. The van der Waals surface area contributed by atoms with E-state index in [1.807, 2.05) is 6.20 Å². The first-order valence-electron chi connectivity index (χ1n) is 10.4. The highest BCUT2D eigenvalue weighted by Crippen LogP contribution is 2.30. The van der Waals surface area contributed by atoms with Gasteiger partial charge in [-0.1, -0.05) is 6.07 Å². The first kappa shape index (κ1) is 17.9. The molecule has 28 heavy (non-hydrogen) atoms. The van der Waals surface area contributed by atoms with Gasteiger partial charge in [0, 0.05) is 82.1 Å². The number of fused-ring (bicyclic) bond motifs is 3. The lowest BCUT2D eigenvalue weighted by molar-refractivity contribution is 0.148. The largest absolute Gasteiger partial charge is 0.310 e. The number of aromatic nitrogens is 2. The van der Waals surface area contributed by atoms with Gasteiger partial charge in [0.25, 0.3) is 0 Å². The zero-order chi connectivity index (χ0) is 19.1. The highest BCUT2D eigenvalue weighted by molar-refractivity contribution is 6.07. The van der Waals surface area contributed by atoms with Gasteiger partial charge < -0.3 is 14.8 Å². The van der Waals surface area contributed by atoms with Crippen molar-refractivity contribution in [2.24, 2.45) is 0 Å². The maximum absolute atomic E-state index is 4.61. The first-order chi connectivity index (χ1) is 13.7. The van der Waals surface area contributed by atoms with E-state index in [-0.39, 0.29) is 0 Å². The van der Waals surface area contributed by atoms with Crippen LogP contribution in [0.5, 0.6) is 0 Å². The van der Waals surface area contributed by atoms with E-state index in [2.05, 4.69) is 73.9 Å². The Morgan fingerprint density at radius 3 is 2.32 bits per heavy atom. The Morgan fingerprint density at radius 2 is 1.57 bits per heavy atom. The maximum Gasteiger partial charge on any atom is 0.0709 e. The quantitative estimate of drug-likeness (QED) is 0.694. The SMILES string of the molecule is CN1CCN(Cc2cn(N3CCN(C)CC3)c3ccc4ncccc4c23)CC1. The lowest BCUT2D eigenvalue weighted by Crippen LogP contribution is -2.49. The number of rotatable bonds is 3. The summed E-state index contributed by atoms with van der Waals surface area (Å²) in [6.07, 6.45) is 4.28. The topological polar surface area (TPSA) is 30.8 Å². The molecule has 2 fully saturated rings. The van der Waals surface area contributed by atoms with E-state index in [9.17, 15) is 0 Å². The van der Waals surface area contributed by atoms with E-state index in [1.54, 1.807) is 0 Å². The Bertz CT molecular complexity index is 964. The van der Waals surface area contributed by atoms with E-state index >= 15 is 0 Å². The molecule has 5 rings (SSSR count). The van der Waals surface area contributed by atoms with Crippen molar-refractivity contribution in [2.75, 3.05) is 71.5 Å². The van der Waals surface area contributed by atoms with Crippen LogP contribution in [-0.4, -0.2) is 90.8 Å². The molecule has 2 aromatic heterocycles. The average molecular weight is 379 g/mol. The molecule has 0 amide bonds. The van der Waals surface area contributed by atoms with Gasteiger partial charge in [-0.05, 0) is 37.9 Å². The summed E-state index contributed by atoms with van der Waals surface area (Å²) in [5.74, 6) is 0. The molecule has 0 bridgehead atoms. The Kier molecular flexibility index (Phi) is 4.70. The summed E-state index contributed by atoms with van der Waals surface area (Å²) >= 11 is 0.